The Hall–Kier alpha value is 0.660. The van der Waals surface area contributed by atoms with Crippen LogP contribution >= 0.6 is 80.9 Å². The number of thioether (sulfide) groups is 2. The Kier molecular flexibility index (Phi) is 6.83. The van der Waals surface area contributed by atoms with E-state index in [1.54, 1.807) is 23.9 Å². The Labute approximate surface area is 160 Å². The summed E-state index contributed by atoms with van der Waals surface area (Å²) in [4.78, 5) is 16.6. The van der Waals surface area contributed by atoms with Gasteiger partial charge in [-0.25, -0.2) is 0 Å². The van der Waals surface area contributed by atoms with Gasteiger partial charge in [0.2, 0.25) is 3.79 Å². The fourth-order valence-electron chi connectivity index (χ4n) is 1.50. The van der Waals surface area contributed by atoms with Crippen molar-refractivity contribution in [3.8, 4) is 0 Å². The summed E-state index contributed by atoms with van der Waals surface area (Å²) in [5, 5.41) is 2.06. The van der Waals surface area contributed by atoms with Crippen molar-refractivity contribution in [1.29, 1.82) is 0 Å². The number of hydrogen-bond acceptors (Lipinski definition) is 4. The van der Waals surface area contributed by atoms with Crippen LogP contribution in [0.3, 0.4) is 0 Å². The van der Waals surface area contributed by atoms with Crippen molar-refractivity contribution in [3.05, 3.63) is 33.4 Å². The molecular weight excluding hydrogens is 486 g/mol. The summed E-state index contributed by atoms with van der Waals surface area (Å²) in [5.74, 6) is 0.639. The quantitative estimate of drug-likeness (QED) is 0.380. The molecule has 0 fully saturated rings. The second-order valence-electron chi connectivity index (χ2n) is 4.02. The van der Waals surface area contributed by atoms with Gasteiger partial charge in [-0.3, -0.25) is 9.79 Å². The van der Waals surface area contributed by atoms with Crippen LogP contribution in [0, 0.1) is 3.57 Å². The highest BCUT2D eigenvalue weighted by molar-refractivity contribution is 14.1. The Morgan fingerprint density at radius 1 is 1.48 bits per heavy atom. The van der Waals surface area contributed by atoms with Crippen molar-refractivity contribution < 1.29 is 4.79 Å². The Balaban J connectivity index is 2.09. The summed E-state index contributed by atoms with van der Waals surface area (Å²) in [7, 11) is 0. The third-order valence-electron chi connectivity index (χ3n) is 2.42. The van der Waals surface area contributed by atoms with E-state index in [-0.39, 0.29) is 5.91 Å². The summed E-state index contributed by atoms with van der Waals surface area (Å²) in [6, 6.07) is 7.21. The van der Waals surface area contributed by atoms with E-state index in [4.69, 9.17) is 34.8 Å². The molecular formula is C12H10Cl3IN2OS2. The minimum Gasteiger partial charge on any atom is -0.336 e. The van der Waals surface area contributed by atoms with Crippen molar-refractivity contribution >= 4 is 91.2 Å². The third kappa shape index (κ3) is 5.66. The first-order chi connectivity index (χ1) is 9.86. The molecule has 3 nitrogen and oxygen atoms in total. The number of carbonyl (C=O) groups is 1. The minimum atomic E-state index is -1.62. The van der Waals surface area contributed by atoms with Crippen LogP contribution in [-0.2, 0) is 0 Å². The largest absolute Gasteiger partial charge is 0.336 e. The average Bonchev–Trinajstić information content (AvgIpc) is 2.89. The molecule has 0 spiro atoms. The van der Waals surface area contributed by atoms with Crippen molar-refractivity contribution in [2.75, 3.05) is 12.3 Å². The van der Waals surface area contributed by atoms with Gasteiger partial charge in [0.25, 0.3) is 5.91 Å². The zero-order valence-electron chi connectivity index (χ0n) is 10.5. The molecule has 0 saturated heterocycles. The highest BCUT2D eigenvalue weighted by Crippen LogP contribution is 2.39. The Morgan fingerprint density at radius 3 is 2.81 bits per heavy atom. The number of halogens is 4. The minimum absolute atomic E-state index is 0.277. The van der Waals surface area contributed by atoms with Crippen molar-refractivity contribution in [2.24, 2.45) is 4.99 Å². The zero-order chi connectivity index (χ0) is 15.5. The number of alkyl halides is 3. The molecule has 1 aliphatic rings. The van der Waals surface area contributed by atoms with Crippen LogP contribution in [0.2, 0.25) is 0 Å². The van der Waals surface area contributed by atoms with E-state index in [0.717, 1.165) is 20.2 Å². The normalized spacial score (nSPS) is 16.5. The zero-order valence-corrected chi connectivity index (χ0v) is 16.5. The van der Waals surface area contributed by atoms with Gasteiger partial charge in [-0.15, -0.1) is 0 Å². The lowest BCUT2D eigenvalue weighted by Gasteiger charge is -2.24. The van der Waals surface area contributed by atoms with E-state index in [2.05, 4.69) is 32.9 Å². The molecule has 1 N–H and O–H groups in total. The van der Waals surface area contributed by atoms with E-state index in [9.17, 15) is 4.79 Å². The highest BCUT2D eigenvalue weighted by atomic mass is 127. The lowest BCUT2D eigenvalue weighted by atomic mass is 10.2. The summed E-state index contributed by atoms with van der Waals surface area (Å²) in [6.07, 6.45) is 0. The number of nitrogens with zero attached hydrogens (tertiary/aromatic N) is 1. The summed E-state index contributed by atoms with van der Waals surface area (Å²) in [5.41, 5.74) is 0.530. The fourth-order valence-corrected chi connectivity index (χ4v) is 4.62. The fraction of sp³-hybridized carbons (Fsp3) is 0.333. The molecule has 1 aromatic rings. The van der Waals surface area contributed by atoms with Crippen LogP contribution in [0.5, 0.6) is 0 Å². The van der Waals surface area contributed by atoms with E-state index in [1.807, 2.05) is 12.1 Å². The second-order valence-corrected chi connectivity index (χ2v) is 10.1. The molecule has 2 rings (SSSR count). The van der Waals surface area contributed by atoms with Crippen molar-refractivity contribution in [1.82, 2.24) is 5.32 Å². The smallest absolute Gasteiger partial charge is 0.252 e. The maximum atomic E-state index is 12.3. The molecule has 114 valence electrons. The van der Waals surface area contributed by atoms with Crippen molar-refractivity contribution in [3.63, 3.8) is 0 Å². The van der Waals surface area contributed by atoms with Gasteiger partial charge in [0.15, 0.2) is 0 Å². The van der Waals surface area contributed by atoms with Crippen LogP contribution < -0.4 is 5.32 Å². The van der Waals surface area contributed by atoms with Crippen LogP contribution in [0.15, 0.2) is 29.3 Å². The molecule has 1 atom stereocenters. The molecule has 21 heavy (non-hydrogen) atoms. The molecule has 9 heteroatoms. The van der Waals surface area contributed by atoms with Crippen LogP contribution in [0.25, 0.3) is 0 Å². The maximum absolute atomic E-state index is 12.3. The first-order valence-corrected chi connectivity index (χ1v) is 9.91. The van der Waals surface area contributed by atoms with Gasteiger partial charge >= 0.3 is 0 Å². The Bertz CT molecular complexity index is 566. The number of rotatable bonds is 3. The summed E-state index contributed by atoms with van der Waals surface area (Å²) >= 11 is 22.9. The van der Waals surface area contributed by atoms with Crippen molar-refractivity contribution in [2.45, 2.75) is 9.17 Å². The summed E-state index contributed by atoms with van der Waals surface area (Å²) in [6.45, 7) is 0.754. The van der Waals surface area contributed by atoms with Gasteiger partial charge in [-0.2, -0.15) is 0 Å². The van der Waals surface area contributed by atoms with E-state index >= 15 is 0 Å². The molecule has 0 saturated carbocycles. The predicted octanol–water partition coefficient (Wildman–Crippen LogP) is 4.55. The number of hydrogen-bond donors (Lipinski definition) is 1. The van der Waals surface area contributed by atoms with Crippen LogP contribution in [0.1, 0.15) is 10.4 Å². The number of amides is 1. The number of aliphatic imine (C=N–C) groups is 1. The molecule has 0 bridgehead atoms. The monoisotopic (exact) mass is 494 g/mol. The molecule has 1 heterocycles. The molecule has 1 aromatic carbocycles. The topological polar surface area (TPSA) is 41.5 Å². The molecule has 0 unspecified atom stereocenters. The number of nitrogens with one attached hydrogen (secondary N) is 1. The standard InChI is InChI=1S/C12H10Cl3IN2OS2/c13-12(14,15)10(21-11-17-4-5-20-11)18-9(19)7-2-1-3-8(16)6-7/h1-3,6,10H,4-5H2,(H,18,19)/t10-/m0/s1. The van der Waals surface area contributed by atoms with E-state index in [1.165, 1.54) is 11.8 Å². The van der Waals surface area contributed by atoms with Gasteiger partial charge in [-0.05, 0) is 40.8 Å². The second kappa shape index (κ2) is 7.97. The number of benzene rings is 1. The first-order valence-electron chi connectivity index (χ1n) is 5.83. The van der Waals surface area contributed by atoms with Crippen LogP contribution in [0.4, 0.5) is 0 Å². The van der Waals surface area contributed by atoms with E-state index in [0.29, 0.717) is 5.56 Å². The van der Waals surface area contributed by atoms with E-state index < -0.39 is 9.17 Å². The van der Waals surface area contributed by atoms with Gasteiger partial charge in [-0.1, -0.05) is 64.4 Å². The molecule has 0 aliphatic carbocycles. The van der Waals surface area contributed by atoms with Crippen LogP contribution in [-0.4, -0.2) is 31.7 Å². The van der Waals surface area contributed by atoms with Gasteiger partial charge in [0.1, 0.15) is 9.75 Å². The average molecular weight is 496 g/mol. The Morgan fingerprint density at radius 2 is 2.24 bits per heavy atom. The number of carbonyl (C=O) groups excluding carboxylic acids is 1. The molecule has 1 amide bonds. The lowest BCUT2D eigenvalue weighted by Crippen LogP contribution is -2.41. The predicted molar refractivity (Wildman–Crippen MR) is 103 cm³/mol. The molecule has 0 radical (unpaired) electrons. The van der Waals surface area contributed by atoms with Gasteiger partial charge in [0.05, 0.1) is 6.54 Å². The summed E-state index contributed by atoms with van der Waals surface area (Å²) < 4.78 is 0.178. The molecule has 1 aliphatic heterocycles. The maximum Gasteiger partial charge on any atom is 0.252 e. The van der Waals surface area contributed by atoms with Gasteiger partial charge in [0, 0.05) is 14.9 Å². The molecule has 0 aromatic heterocycles. The SMILES string of the molecule is O=C(N[C@@H](SC1=NCCS1)C(Cl)(Cl)Cl)c1cccc(I)c1. The highest BCUT2D eigenvalue weighted by Gasteiger charge is 2.36. The first kappa shape index (κ1) is 18.0. The van der Waals surface area contributed by atoms with Gasteiger partial charge < -0.3 is 5.32 Å². The lowest BCUT2D eigenvalue weighted by molar-refractivity contribution is 0.0950. The third-order valence-corrected chi connectivity index (χ3v) is 6.58.